The Balaban J connectivity index is 0.911. The molecule has 0 saturated carbocycles. The lowest BCUT2D eigenvalue weighted by Gasteiger charge is -2.42. The van der Waals surface area contributed by atoms with Crippen molar-refractivity contribution in [2.75, 3.05) is 32.9 Å². The van der Waals surface area contributed by atoms with Crippen LogP contribution >= 0.6 is 0 Å². The van der Waals surface area contributed by atoms with Gasteiger partial charge in [-0.3, -0.25) is 9.59 Å². The number of carbonyl (C=O) groups is 4. The van der Waals surface area contributed by atoms with Gasteiger partial charge in [-0.2, -0.15) is 0 Å². The van der Waals surface area contributed by atoms with E-state index in [4.69, 9.17) is 40.4 Å². The molecular weight excluding hydrogens is 817 g/mol. The van der Waals surface area contributed by atoms with E-state index in [1.165, 1.54) is 0 Å². The van der Waals surface area contributed by atoms with Gasteiger partial charge in [-0.05, 0) is 99.6 Å². The zero-order chi connectivity index (χ0) is 45.1. The van der Waals surface area contributed by atoms with Crippen molar-refractivity contribution in [2.45, 2.75) is 96.1 Å². The molecule has 0 spiro atoms. The van der Waals surface area contributed by atoms with E-state index in [-0.39, 0.29) is 53.7 Å². The number of nitrogens with two attached hydrogens (primary N) is 2. The quantitative estimate of drug-likeness (QED) is 0.131. The predicted octanol–water partition coefficient (Wildman–Crippen LogP) is 6.25. The number of amides is 4. The third kappa shape index (κ3) is 9.65. The van der Waals surface area contributed by atoms with Gasteiger partial charge in [-0.1, -0.05) is 50.0 Å². The molecule has 2 aromatic carbocycles. The number of hydrogen-bond acceptors (Lipinski definition) is 10. The van der Waals surface area contributed by atoms with E-state index in [0.29, 0.717) is 76.7 Å². The molecular formula is C48H58N8O8. The number of aromatic nitrogens is 4. The molecule has 338 valence electrons. The van der Waals surface area contributed by atoms with Gasteiger partial charge in [-0.25, -0.2) is 19.6 Å². The maximum absolute atomic E-state index is 14.3. The monoisotopic (exact) mass is 874 g/mol. The number of imidazole rings is 2. The number of benzene rings is 2. The molecule has 8 rings (SSSR count). The second-order valence-electron chi connectivity index (χ2n) is 18.2. The van der Waals surface area contributed by atoms with Crippen molar-refractivity contribution < 1.29 is 38.1 Å². The summed E-state index contributed by atoms with van der Waals surface area (Å²) in [5, 5.41) is 0. The Bertz CT molecular complexity index is 2380. The van der Waals surface area contributed by atoms with E-state index in [0.717, 1.165) is 40.1 Å². The zero-order valence-corrected chi connectivity index (χ0v) is 36.9. The SMILES string of the molecule is CC1CC([C@](C)(OC(N)=O)C(=O)N2C[C@@H](C)CC2c2ncc(-c3ccc(C#Cc4ccc(-c5cnc(C6C[C@H](C)CN6C(=O)[C@@H](OC(N)=O)C6CCOCC6)[nH]5)cc4)cc3)[nH]2)CCO1. The number of aromatic amines is 2. The van der Waals surface area contributed by atoms with Gasteiger partial charge < -0.3 is 50.2 Å². The Kier molecular flexibility index (Phi) is 13.1. The fraction of sp³-hybridized carbons (Fsp3) is 0.500. The van der Waals surface area contributed by atoms with E-state index in [9.17, 15) is 19.2 Å². The first-order valence-electron chi connectivity index (χ1n) is 22.3. The first-order valence-corrected chi connectivity index (χ1v) is 22.3. The Morgan fingerprint density at radius 3 is 1.80 bits per heavy atom. The molecule has 16 heteroatoms. The molecule has 4 amide bonds. The van der Waals surface area contributed by atoms with Gasteiger partial charge in [0, 0.05) is 55.9 Å². The summed E-state index contributed by atoms with van der Waals surface area (Å²) in [6.07, 6.45) is 4.44. The minimum absolute atomic E-state index is 0.0624. The Labute approximate surface area is 373 Å². The number of H-pyrrole nitrogens is 2. The Morgan fingerprint density at radius 2 is 1.28 bits per heavy atom. The molecule has 6 heterocycles. The van der Waals surface area contributed by atoms with Gasteiger partial charge in [0.15, 0.2) is 11.7 Å². The third-order valence-corrected chi connectivity index (χ3v) is 13.3. The standard InChI is InChI=1S/C48H58N8O8/c1-28-21-39(55(26-28)44(57)41(63-46(49)59)35-15-18-61-19-16-35)42-51-24-37(53-42)33-11-7-31(8-12-33)5-6-32-9-13-34(14-10-32)38-25-52-43(54-38)40-22-29(2)27-56(40)45(58)48(4,64-47(50)60)36-17-20-62-30(3)23-36/h7-14,24-25,28-30,35-36,39-41H,15-23,26-27H2,1-4H3,(H2,49,59)(H2,50,60)(H,51,53)(H,52,54)/t28-,29-,30?,36?,39?,40?,41-,48-/m0/s1. The van der Waals surface area contributed by atoms with Crippen molar-refractivity contribution in [3.05, 3.63) is 83.7 Å². The molecule has 16 nitrogen and oxygen atoms in total. The third-order valence-electron chi connectivity index (χ3n) is 13.3. The molecule has 0 aliphatic carbocycles. The Morgan fingerprint density at radius 1 is 0.750 bits per heavy atom. The topological polar surface area (TPSA) is 221 Å². The van der Waals surface area contributed by atoms with Crippen LogP contribution in [0.2, 0.25) is 0 Å². The molecule has 6 N–H and O–H groups in total. The number of hydrogen-bond donors (Lipinski definition) is 4. The molecule has 0 bridgehead atoms. The van der Waals surface area contributed by atoms with Crippen LogP contribution in [0.25, 0.3) is 22.5 Å². The smallest absolute Gasteiger partial charge is 0.405 e. The fourth-order valence-electron chi connectivity index (χ4n) is 9.94. The summed E-state index contributed by atoms with van der Waals surface area (Å²) in [6.45, 7) is 10.4. The number of nitrogens with zero attached hydrogens (tertiary/aromatic N) is 4. The van der Waals surface area contributed by atoms with Crippen molar-refractivity contribution in [1.29, 1.82) is 0 Å². The highest BCUT2D eigenvalue weighted by Crippen LogP contribution is 2.42. The van der Waals surface area contributed by atoms with E-state index < -0.39 is 23.9 Å². The van der Waals surface area contributed by atoms with Crippen LogP contribution in [-0.2, 0) is 28.5 Å². The van der Waals surface area contributed by atoms with Crippen molar-refractivity contribution in [1.82, 2.24) is 29.7 Å². The van der Waals surface area contributed by atoms with Gasteiger partial charge in [0.05, 0.1) is 42.0 Å². The van der Waals surface area contributed by atoms with Crippen LogP contribution in [0.15, 0.2) is 60.9 Å². The van der Waals surface area contributed by atoms with E-state index >= 15 is 0 Å². The number of carbonyl (C=O) groups excluding carboxylic acids is 4. The lowest BCUT2D eigenvalue weighted by Crippen LogP contribution is -2.56. The molecule has 8 atom stereocenters. The van der Waals surface area contributed by atoms with Gasteiger partial charge in [0.1, 0.15) is 11.6 Å². The molecule has 64 heavy (non-hydrogen) atoms. The highest BCUT2D eigenvalue weighted by Gasteiger charge is 2.52. The zero-order valence-electron chi connectivity index (χ0n) is 36.9. The van der Waals surface area contributed by atoms with Gasteiger partial charge in [0.25, 0.3) is 11.8 Å². The van der Waals surface area contributed by atoms with E-state index in [1.807, 2.05) is 55.5 Å². The number of likely N-dealkylation sites (tertiary alicyclic amines) is 2. The van der Waals surface area contributed by atoms with Gasteiger partial charge in [0.2, 0.25) is 0 Å². The number of primary amides is 2. The summed E-state index contributed by atoms with van der Waals surface area (Å²) >= 11 is 0. The molecule has 4 aliphatic rings. The number of ether oxygens (including phenoxy) is 4. The van der Waals surface area contributed by atoms with Crippen LogP contribution in [0.3, 0.4) is 0 Å². The lowest BCUT2D eigenvalue weighted by atomic mass is 9.80. The maximum atomic E-state index is 14.3. The molecule has 2 aromatic heterocycles. The minimum Gasteiger partial charge on any atom is -0.436 e. The van der Waals surface area contributed by atoms with Crippen molar-refractivity contribution in [3.8, 4) is 34.4 Å². The predicted molar refractivity (Wildman–Crippen MR) is 236 cm³/mol. The van der Waals surface area contributed by atoms with Crippen LogP contribution in [0, 0.1) is 35.5 Å². The average Bonchev–Trinajstić information content (AvgIpc) is 4.12. The summed E-state index contributed by atoms with van der Waals surface area (Å²) in [5.41, 5.74) is 14.7. The Hall–Kier alpha value is -6.18. The summed E-state index contributed by atoms with van der Waals surface area (Å²) in [7, 11) is 0. The van der Waals surface area contributed by atoms with Crippen LogP contribution in [0.4, 0.5) is 9.59 Å². The van der Waals surface area contributed by atoms with Crippen LogP contribution in [0.1, 0.15) is 101 Å². The first-order chi connectivity index (χ1) is 30.7. The normalized spacial score (nSPS) is 25.2. The lowest BCUT2D eigenvalue weighted by molar-refractivity contribution is -0.162. The highest BCUT2D eigenvalue weighted by atomic mass is 16.6. The minimum atomic E-state index is -1.42. The summed E-state index contributed by atoms with van der Waals surface area (Å²) in [6, 6.07) is 15.2. The van der Waals surface area contributed by atoms with Crippen molar-refractivity contribution in [2.24, 2.45) is 35.1 Å². The second-order valence-corrected chi connectivity index (χ2v) is 18.2. The van der Waals surface area contributed by atoms with E-state index in [2.05, 4.69) is 35.7 Å². The van der Waals surface area contributed by atoms with Crippen molar-refractivity contribution in [3.63, 3.8) is 0 Å². The number of nitrogens with one attached hydrogen (secondary N) is 2. The molecule has 4 saturated heterocycles. The molecule has 0 radical (unpaired) electrons. The largest absolute Gasteiger partial charge is 0.436 e. The fourth-order valence-corrected chi connectivity index (χ4v) is 9.94. The highest BCUT2D eigenvalue weighted by molar-refractivity contribution is 5.88. The van der Waals surface area contributed by atoms with Gasteiger partial charge in [-0.15, -0.1) is 0 Å². The van der Waals surface area contributed by atoms with Gasteiger partial charge >= 0.3 is 12.2 Å². The van der Waals surface area contributed by atoms with Crippen LogP contribution in [0.5, 0.6) is 0 Å². The summed E-state index contributed by atoms with van der Waals surface area (Å²) < 4.78 is 22.3. The summed E-state index contributed by atoms with van der Waals surface area (Å²) in [5.74, 6) is 7.41. The average molecular weight is 875 g/mol. The van der Waals surface area contributed by atoms with E-state index in [1.54, 1.807) is 29.1 Å². The molecule has 4 fully saturated rings. The molecule has 4 unspecified atom stereocenters. The number of rotatable bonds is 10. The van der Waals surface area contributed by atoms with Crippen LogP contribution < -0.4 is 11.5 Å². The van der Waals surface area contributed by atoms with Crippen LogP contribution in [-0.4, -0.2) is 104 Å². The first kappa shape index (κ1) is 44.4. The maximum Gasteiger partial charge on any atom is 0.405 e. The molecule has 4 aromatic rings. The second kappa shape index (κ2) is 18.9. The van der Waals surface area contributed by atoms with Crippen molar-refractivity contribution >= 4 is 24.0 Å². The summed E-state index contributed by atoms with van der Waals surface area (Å²) in [4.78, 5) is 72.1. The molecule has 4 aliphatic heterocycles.